The number of carboxylic acid groups (broad SMARTS) is 1. The zero-order valence-electron chi connectivity index (χ0n) is 10.7. The molecule has 2 aliphatic rings. The van der Waals surface area contributed by atoms with Gasteiger partial charge >= 0.3 is 5.97 Å². The van der Waals surface area contributed by atoms with Gasteiger partial charge in [-0.3, -0.25) is 9.59 Å². The third kappa shape index (κ3) is 3.46. The van der Waals surface area contributed by atoms with Crippen LogP contribution in [0.15, 0.2) is 0 Å². The predicted molar refractivity (Wildman–Crippen MR) is 68.3 cm³/mol. The molecule has 1 aliphatic carbocycles. The molecule has 0 spiro atoms. The molecule has 7 heteroatoms. The number of carboxylic acids is 1. The molecule has 0 aromatic heterocycles. The van der Waals surface area contributed by atoms with Gasteiger partial charge in [-0.15, -0.1) is 0 Å². The van der Waals surface area contributed by atoms with Crippen molar-refractivity contribution in [2.45, 2.75) is 25.7 Å². The predicted octanol–water partition coefficient (Wildman–Crippen LogP) is 0.134. The number of hydrogen-bond acceptors (Lipinski definition) is 4. The van der Waals surface area contributed by atoms with Gasteiger partial charge in [0.25, 0.3) is 0 Å². The van der Waals surface area contributed by atoms with Crippen LogP contribution in [0.1, 0.15) is 25.7 Å². The van der Waals surface area contributed by atoms with Crippen molar-refractivity contribution < 1.29 is 23.1 Å². The first-order valence-corrected chi connectivity index (χ1v) is 8.43. The summed E-state index contributed by atoms with van der Waals surface area (Å²) in [7, 11) is -2.99. The fourth-order valence-corrected chi connectivity index (χ4v) is 4.03. The molecule has 2 fully saturated rings. The fraction of sp³-hybridized carbons (Fsp3) is 0.833. The van der Waals surface area contributed by atoms with Crippen molar-refractivity contribution in [2.75, 3.05) is 24.6 Å². The van der Waals surface area contributed by atoms with Crippen LogP contribution in [0.25, 0.3) is 0 Å². The molecule has 1 heterocycles. The Hall–Kier alpha value is -1.11. The minimum Gasteiger partial charge on any atom is -0.481 e. The lowest BCUT2D eigenvalue weighted by Gasteiger charge is -2.33. The zero-order valence-corrected chi connectivity index (χ0v) is 11.6. The van der Waals surface area contributed by atoms with Gasteiger partial charge in [-0.1, -0.05) is 6.42 Å². The first-order valence-electron chi connectivity index (χ1n) is 6.61. The Bertz CT molecular complexity index is 459. The molecule has 6 nitrogen and oxygen atoms in total. The Morgan fingerprint density at radius 3 is 2.21 bits per heavy atom. The lowest BCUT2D eigenvalue weighted by Crippen LogP contribution is -2.47. The van der Waals surface area contributed by atoms with Gasteiger partial charge in [-0.2, -0.15) is 0 Å². The molecular formula is C12H19NO5S. The lowest BCUT2D eigenvalue weighted by molar-refractivity contribution is -0.145. The van der Waals surface area contributed by atoms with Crippen LogP contribution in [-0.4, -0.2) is 54.9 Å². The van der Waals surface area contributed by atoms with Crippen LogP contribution in [0.4, 0.5) is 0 Å². The highest BCUT2D eigenvalue weighted by Gasteiger charge is 2.35. The highest BCUT2D eigenvalue weighted by Crippen LogP contribution is 2.30. The summed E-state index contributed by atoms with van der Waals surface area (Å²) >= 11 is 0. The number of nitrogens with zero attached hydrogens (tertiary/aromatic N) is 1. The second-order valence-corrected chi connectivity index (χ2v) is 7.68. The minimum atomic E-state index is -2.99. The fourth-order valence-electron chi connectivity index (χ4n) is 2.83. The second-order valence-electron chi connectivity index (χ2n) is 5.38. The molecule has 19 heavy (non-hydrogen) atoms. The molecular weight excluding hydrogens is 270 g/mol. The first-order chi connectivity index (χ1) is 8.89. The van der Waals surface area contributed by atoms with Crippen LogP contribution >= 0.6 is 0 Å². The first kappa shape index (κ1) is 14.3. The van der Waals surface area contributed by atoms with Gasteiger partial charge in [0, 0.05) is 19.0 Å². The van der Waals surface area contributed by atoms with Gasteiger partial charge in [0.2, 0.25) is 5.91 Å². The summed E-state index contributed by atoms with van der Waals surface area (Å²) in [5.74, 6) is -1.55. The minimum absolute atomic E-state index is 0.0216. The molecule has 0 radical (unpaired) electrons. The molecule has 0 aromatic rings. The average molecular weight is 289 g/mol. The Labute approximate surface area is 112 Å². The van der Waals surface area contributed by atoms with Gasteiger partial charge in [-0.05, 0) is 19.3 Å². The molecule has 0 aromatic carbocycles. The Morgan fingerprint density at radius 1 is 1.05 bits per heavy atom. The van der Waals surface area contributed by atoms with E-state index in [1.165, 1.54) is 0 Å². The maximum Gasteiger partial charge on any atom is 0.306 e. The molecule has 1 amide bonds. The summed E-state index contributed by atoms with van der Waals surface area (Å²) < 4.78 is 22.6. The van der Waals surface area contributed by atoms with Gasteiger partial charge < -0.3 is 10.0 Å². The van der Waals surface area contributed by atoms with E-state index in [-0.39, 0.29) is 36.4 Å². The second kappa shape index (κ2) is 5.48. The van der Waals surface area contributed by atoms with E-state index < -0.39 is 21.7 Å². The molecule has 1 saturated heterocycles. The van der Waals surface area contributed by atoms with E-state index in [1.54, 1.807) is 4.90 Å². The number of hydrogen-bond donors (Lipinski definition) is 1. The van der Waals surface area contributed by atoms with E-state index in [4.69, 9.17) is 5.11 Å². The van der Waals surface area contributed by atoms with Crippen molar-refractivity contribution in [3.63, 3.8) is 0 Å². The van der Waals surface area contributed by atoms with Gasteiger partial charge in [0.05, 0.1) is 17.4 Å². The van der Waals surface area contributed by atoms with Crippen LogP contribution in [0.3, 0.4) is 0 Å². The SMILES string of the molecule is O=C(O)C1CCCC(C(=O)N2CCS(=O)(=O)CC2)C1. The van der Waals surface area contributed by atoms with Crippen LogP contribution in [0.5, 0.6) is 0 Å². The zero-order chi connectivity index (χ0) is 14.0. The summed E-state index contributed by atoms with van der Waals surface area (Å²) in [5.41, 5.74) is 0. The lowest BCUT2D eigenvalue weighted by atomic mass is 9.80. The number of amides is 1. The van der Waals surface area contributed by atoms with Crippen molar-refractivity contribution in [2.24, 2.45) is 11.8 Å². The summed E-state index contributed by atoms with van der Waals surface area (Å²) in [6, 6.07) is 0. The Balaban J connectivity index is 1.94. The summed E-state index contributed by atoms with van der Waals surface area (Å²) in [5, 5.41) is 9.01. The molecule has 2 rings (SSSR count). The number of sulfone groups is 1. The number of rotatable bonds is 2. The molecule has 0 bridgehead atoms. The third-order valence-electron chi connectivity index (χ3n) is 4.03. The van der Waals surface area contributed by atoms with Gasteiger partial charge in [0.1, 0.15) is 0 Å². The van der Waals surface area contributed by atoms with Gasteiger partial charge in [-0.25, -0.2) is 8.42 Å². The van der Waals surface area contributed by atoms with E-state index in [0.717, 1.165) is 6.42 Å². The largest absolute Gasteiger partial charge is 0.481 e. The Morgan fingerprint density at radius 2 is 1.63 bits per heavy atom. The summed E-state index contributed by atoms with van der Waals surface area (Å²) in [6.45, 7) is 0.491. The number of carbonyl (C=O) groups is 2. The van der Waals surface area contributed by atoms with E-state index in [9.17, 15) is 18.0 Å². The molecule has 2 unspecified atom stereocenters. The monoisotopic (exact) mass is 289 g/mol. The standard InChI is InChI=1S/C12H19NO5S/c14-11(13-4-6-19(17,18)7-5-13)9-2-1-3-10(8-9)12(15)16/h9-10H,1-8H2,(H,15,16). The third-order valence-corrected chi connectivity index (χ3v) is 5.64. The van der Waals surface area contributed by atoms with E-state index in [0.29, 0.717) is 19.3 Å². The van der Waals surface area contributed by atoms with Crippen molar-refractivity contribution in [1.29, 1.82) is 0 Å². The van der Waals surface area contributed by atoms with Gasteiger partial charge in [0.15, 0.2) is 9.84 Å². The summed E-state index contributed by atoms with van der Waals surface area (Å²) in [4.78, 5) is 24.8. The molecule has 1 saturated carbocycles. The van der Waals surface area contributed by atoms with Crippen molar-refractivity contribution in [3.05, 3.63) is 0 Å². The number of carbonyl (C=O) groups excluding carboxylic acids is 1. The highest BCUT2D eigenvalue weighted by molar-refractivity contribution is 7.91. The molecule has 1 N–H and O–H groups in total. The van der Waals surface area contributed by atoms with Crippen LogP contribution in [0, 0.1) is 11.8 Å². The van der Waals surface area contributed by atoms with Crippen LogP contribution in [-0.2, 0) is 19.4 Å². The topological polar surface area (TPSA) is 91.8 Å². The van der Waals surface area contributed by atoms with E-state index >= 15 is 0 Å². The quantitative estimate of drug-likeness (QED) is 0.780. The van der Waals surface area contributed by atoms with Crippen molar-refractivity contribution in [1.82, 2.24) is 4.90 Å². The smallest absolute Gasteiger partial charge is 0.306 e. The van der Waals surface area contributed by atoms with E-state index in [2.05, 4.69) is 0 Å². The molecule has 2 atom stereocenters. The summed E-state index contributed by atoms with van der Waals surface area (Å²) in [6.07, 6.45) is 2.48. The Kier molecular flexibility index (Phi) is 4.13. The highest BCUT2D eigenvalue weighted by atomic mass is 32.2. The van der Waals surface area contributed by atoms with Crippen molar-refractivity contribution in [3.8, 4) is 0 Å². The normalized spacial score (nSPS) is 30.8. The van der Waals surface area contributed by atoms with E-state index in [1.807, 2.05) is 0 Å². The maximum atomic E-state index is 12.3. The van der Waals surface area contributed by atoms with Crippen LogP contribution < -0.4 is 0 Å². The molecule has 108 valence electrons. The average Bonchev–Trinajstić information content (AvgIpc) is 2.38. The molecule has 1 aliphatic heterocycles. The van der Waals surface area contributed by atoms with Crippen LogP contribution in [0.2, 0.25) is 0 Å². The maximum absolute atomic E-state index is 12.3. The number of aliphatic carboxylic acids is 1. The van der Waals surface area contributed by atoms with Crippen molar-refractivity contribution >= 4 is 21.7 Å².